The molecule has 22 heavy (non-hydrogen) atoms. The first-order chi connectivity index (χ1) is 10.6. The van der Waals surface area contributed by atoms with Gasteiger partial charge in [-0.1, -0.05) is 19.1 Å². The molecular formula is C16H20N4O2. The fourth-order valence-corrected chi connectivity index (χ4v) is 1.85. The lowest BCUT2D eigenvalue weighted by Crippen LogP contribution is -2.17. The molecule has 116 valence electrons. The van der Waals surface area contributed by atoms with Crippen LogP contribution in [0.4, 0.5) is 11.6 Å². The third-order valence-electron chi connectivity index (χ3n) is 3.26. The average Bonchev–Trinajstić information content (AvgIpc) is 2.56. The molecule has 0 saturated heterocycles. The molecule has 1 aromatic heterocycles. The van der Waals surface area contributed by atoms with Crippen LogP contribution >= 0.6 is 0 Å². The normalized spacial score (nSPS) is 11.6. The third-order valence-corrected chi connectivity index (χ3v) is 3.26. The van der Waals surface area contributed by atoms with Crippen LogP contribution in [0.3, 0.4) is 0 Å². The highest BCUT2D eigenvalue weighted by Crippen LogP contribution is 2.18. The molecule has 1 atom stereocenters. The van der Waals surface area contributed by atoms with Gasteiger partial charge in [0, 0.05) is 6.04 Å². The molecule has 0 aliphatic heterocycles. The van der Waals surface area contributed by atoms with Crippen molar-refractivity contribution in [1.82, 2.24) is 10.2 Å². The Balaban J connectivity index is 2.06. The molecule has 0 saturated carbocycles. The van der Waals surface area contributed by atoms with Crippen molar-refractivity contribution in [2.45, 2.75) is 26.3 Å². The lowest BCUT2D eigenvalue weighted by molar-refractivity contribution is 0.102. The molecule has 1 amide bonds. The molecule has 0 radical (unpaired) electrons. The van der Waals surface area contributed by atoms with E-state index < -0.39 is 0 Å². The van der Waals surface area contributed by atoms with E-state index in [0.717, 1.165) is 6.42 Å². The molecule has 0 fully saturated rings. The zero-order chi connectivity index (χ0) is 15.9. The molecule has 1 heterocycles. The summed E-state index contributed by atoms with van der Waals surface area (Å²) in [7, 11) is 1.53. The van der Waals surface area contributed by atoms with Crippen molar-refractivity contribution in [3.8, 4) is 5.75 Å². The number of anilines is 2. The van der Waals surface area contributed by atoms with E-state index in [4.69, 9.17) is 4.74 Å². The summed E-state index contributed by atoms with van der Waals surface area (Å²) in [6.07, 6.45) is 0.994. The van der Waals surface area contributed by atoms with Gasteiger partial charge in [-0.05, 0) is 37.6 Å². The summed E-state index contributed by atoms with van der Waals surface area (Å²) in [6, 6.07) is 10.8. The van der Waals surface area contributed by atoms with Gasteiger partial charge in [0.25, 0.3) is 5.91 Å². The molecule has 6 heteroatoms. The quantitative estimate of drug-likeness (QED) is 0.857. The summed E-state index contributed by atoms with van der Waals surface area (Å²) < 4.78 is 5.17. The Morgan fingerprint density at radius 1 is 1.18 bits per heavy atom. The molecule has 0 aliphatic rings. The van der Waals surface area contributed by atoms with Crippen molar-refractivity contribution in [3.63, 3.8) is 0 Å². The van der Waals surface area contributed by atoms with Crippen LogP contribution in [0.1, 0.15) is 30.6 Å². The first-order valence-corrected chi connectivity index (χ1v) is 7.18. The Bertz CT molecular complexity index is 628. The van der Waals surface area contributed by atoms with E-state index in [9.17, 15) is 4.79 Å². The number of para-hydroxylation sites is 1. The van der Waals surface area contributed by atoms with Gasteiger partial charge in [-0.3, -0.25) is 4.79 Å². The fourth-order valence-electron chi connectivity index (χ4n) is 1.85. The smallest absolute Gasteiger partial charge is 0.260 e. The van der Waals surface area contributed by atoms with Crippen LogP contribution in [-0.4, -0.2) is 29.3 Å². The fraction of sp³-hybridized carbons (Fsp3) is 0.312. The summed E-state index contributed by atoms with van der Waals surface area (Å²) in [5.41, 5.74) is 0.452. The molecular weight excluding hydrogens is 280 g/mol. The summed E-state index contributed by atoms with van der Waals surface area (Å²) in [5.74, 6) is 1.31. The molecule has 2 N–H and O–H groups in total. The second kappa shape index (κ2) is 7.40. The number of methoxy groups -OCH3 is 1. The number of nitrogens with zero attached hydrogens (tertiary/aromatic N) is 2. The summed E-state index contributed by atoms with van der Waals surface area (Å²) in [4.78, 5) is 12.2. The zero-order valence-corrected chi connectivity index (χ0v) is 13.0. The highest BCUT2D eigenvalue weighted by Gasteiger charge is 2.12. The minimum atomic E-state index is -0.283. The van der Waals surface area contributed by atoms with E-state index in [1.54, 1.807) is 30.3 Å². The van der Waals surface area contributed by atoms with Crippen LogP contribution in [-0.2, 0) is 0 Å². The Morgan fingerprint density at radius 2 is 1.86 bits per heavy atom. The number of ether oxygens (including phenoxy) is 1. The van der Waals surface area contributed by atoms with E-state index in [2.05, 4.69) is 34.7 Å². The van der Waals surface area contributed by atoms with Crippen molar-refractivity contribution in [1.29, 1.82) is 0 Å². The number of carbonyl (C=O) groups is 1. The van der Waals surface area contributed by atoms with Crippen molar-refractivity contribution < 1.29 is 9.53 Å². The van der Waals surface area contributed by atoms with Crippen LogP contribution in [0.5, 0.6) is 5.75 Å². The van der Waals surface area contributed by atoms with Crippen molar-refractivity contribution in [3.05, 3.63) is 42.0 Å². The standard InChI is InChI=1S/C16H20N4O2/c1-4-11(2)17-14-9-10-15(20-19-14)18-16(21)12-7-5-6-8-13(12)22-3/h5-11H,4H2,1-3H3,(H,17,19)(H,18,20,21). The van der Waals surface area contributed by atoms with Gasteiger partial charge < -0.3 is 15.4 Å². The van der Waals surface area contributed by atoms with Gasteiger partial charge in [0.1, 0.15) is 11.6 Å². The zero-order valence-electron chi connectivity index (χ0n) is 13.0. The molecule has 2 rings (SSSR count). The van der Waals surface area contributed by atoms with Crippen LogP contribution in [0, 0.1) is 0 Å². The monoisotopic (exact) mass is 300 g/mol. The topological polar surface area (TPSA) is 76.1 Å². The maximum atomic E-state index is 12.2. The first kappa shape index (κ1) is 15.8. The maximum Gasteiger partial charge on any atom is 0.260 e. The number of carbonyl (C=O) groups excluding carboxylic acids is 1. The number of nitrogens with one attached hydrogen (secondary N) is 2. The van der Waals surface area contributed by atoms with Gasteiger partial charge in [-0.15, -0.1) is 10.2 Å². The number of aromatic nitrogens is 2. The lowest BCUT2D eigenvalue weighted by Gasteiger charge is -2.12. The molecule has 0 bridgehead atoms. The largest absolute Gasteiger partial charge is 0.496 e. The van der Waals surface area contributed by atoms with Crippen LogP contribution in [0.15, 0.2) is 36.4 Å². The van der Waals surface area contributed by atoms with Gasteiger partial charge >= 0.3 is 0 Å². The van der Waals surface area contributed by atoms with Gasteiger partial charge in [-0.25, -0.2) is 0 Å². The number of amides is 1. The lowest BCUT2D eigenvalue weighted by atomic mass is 10.2. The predicted octanol–water partition coefficient (Wildman–Crippen LogP) is 2.95. The van der Waals surface area contributed by atoms with Crippen LogP contribution in [0.2, 0.25) is 0 Å². The molecule has 1 unspecified atom stereocenters. The highest BCUT2D eigenvalue weighted by atomic mass is 16.5. The van der Waals surface area contributed by atoms with E-state index in [1.807, 2.05) is 6.07 Å². The van der Waals surface area contributed by atoms with Crippen LogP contribution in [0.25, 0.3) is 0 Å². The Labute approximate surface area is 129 Å². The van der Waals surface area contributed by atoms with Gasteiger partial charge in [0.15, 0.2) is 5.82 Å². The average molecular weight is 300 g/mol. The summed E-state index contributed by atoms with van der Waals surface area (Å²) in [6.45, 7) is 4.16. The Hall–Kier alpha value is -2.63. The van der Waals surface area contributed by atoms with Crippen molar-refractivity contribution in [2.75, 3.05) is 17.7 Å². The minimum absolute atomic E-state index is 0.283. The number of benzene rings is 1. The van der Waals surface area contributed by atoms with Crippen molar-refractivity contribution >= 4 is 17.5 Å². The summed E-state index contributed by atoms with van der Waals surface area (Å²) in [5, 5.41) is 14.0. The summed E-state index contributed by atoms with van der Waals surface area (Å²) >= 11 is 0. The maximum absolute atomic E-state index is 12.2. The van der Waals surface area contributed by atoms with E-state index in [-0.39, 0.29) is 5.91 Å². The number of rotatable bonds is 6. The number of hydrogen-bond acceptors (Lipinski definition) is 5. The predicted molar refractivity (Wildman–Crippen MR) is 86.4 cm³/mol. The molecule has 0 spiro atoms. The molecule has 0 aliphatic carbocycles. The van der Waals surface area contributed by atoms with E-state index in [1.165, 1.54) is 7.11 Å². The number of hydrogen-bond donors (Lipinski definition) is 2. The first-order valence-electron chi connectivity index (χ1n) is 7.18. The van der Waals surface area contributed by atoms with Gasteiger partial charge in [-0.2, -0.15) is 0 Å². The van der Waals surface area contributed by atoms with Crippen molar-refractivity contribution in [2.24, 2.45) is 0 Å². The second-order valence-corrected chi connectivity index (χ2v) is 4.91. The minimum Gasteiger partial charge on any atom is -0.496 e. The Kier molecular flexibility index (Phi) is 5.30. The van der Waals surface area contributed by atoms with E-state index >= 15 is 0 Å². The SMILES string of the molecule is CCC(C)Nc1ccc(NC(=O)c2ccccc2OC)nn1. The molecule has 6 nitrogen and oxygen atoms in total. The second-order valence-electron chi connectivity index (χ2n) is 4.91. The van der Waals surface area contributed by atoms with Gasteiger partial charge in [0.2, 0.25) is 0 Å². The third kappa shape index (κ3) is 3.94. The van der Waals surface area contributed by atoms with E-state index in [0.29, 0.717) is 29.0 Å². The highest BCUT2D eigenvalue weighted by molar-refractivity contribution is 6.05. The Morgan fingerprint density at radius 3 is 2.50 bits per heavy atom. The van der Waals surface area contributed by atoms with Crippen LogP contribution < -0.4 is 15.4 Å². The molecule has 1 aromatic carbocycles. The molecule has 2 aromatic rings. The van der Waals surface area contributed by atoms with Gasteiger partial charge in [0.05, 0.1) is 12.7 Å².